The second kappa shape index (κ2) is 4.61. The molecule has 1 unspecified atom stereocenters. The predicted molar refractivity (Wildman–Crippen MR) is 47.8 cm³/mol. The molecule has 70 valence electrons. The molecule has 0 heterocycles. The van der Waals surface area contributed by atoms with Crippen molar-refractivity contribution in [1.82, 2.24) is 0 Å². The van der Waals surface area contributed by atoms with Crippen molar-refractivity contribution in [3.05, 3.63) is 0 Å². The fourth-order valence-corrected chi connectivity index (χ4v) is 1.99. The molecule has 1 aliphatic rings. The third kappa shape index (κ3) is 2.31. The van der Waals surface area contributed by atoms with E-state index in [1.807, 2.05) is 0 Å². The van der Waals surface area contributed by atoms with E-state index in [4.69, 9.17) is 0 Å². The zero-order valence-electron chi connectivity index (χ0n) is 7.70. The third-order valence-electron chi connectivity index (χ3n) is 2.89. The number of aliphatic hydroxyl groups is 1. The van der Waals surface area contributed by atoms with Crippen LogP contribution in [0.4, 0.5) is 0 Å². The molecule has 2 atom stereocenters. The highest BCUT2D eigenvalue weighted by atomic mass is 16.3. The van der Waals surface area contributed by atoms with Crippen molar-refractivity contribution in [3.63, 3.8) is 0 Å². The number of carbonyl (C=O) groups excluding carboxylic acids is 1. The van der Waals surface area contributed by atoms with Crippen molar-refractivity contribution in [1.29, 1.82) is 0 Å². The van der Waals surface area contributed by atoms with E-state index in [0.29, 0.717) is 5.92 Å². The Labute approximate surface area is 74.0 Å². The van der Waals surface area contributed by atoms with Crippen LogP contribution in [0.3, 0.4) is 0 Å². The van der Waals surface area contributed by atoms with Gasteiger partial charge in [0, 0.05) is 5.92 Å². The van der Waals surface area contributed by atoms with Crippen molar-refractivity contribution < 1.29 is 9.90 Å². The van der Waals surface area contributed by atoms with Gasteiger partial charge in [-0.2, -0.15) is 0 Å². The van der Waals surface area contributed by atoms with Crippen molar-refractivity contribution in [2.75, 3.05) is 0 Å². The molecule has 0 aromatic heterocycles. The van der Waals surface area contributed by atoms with Crippen LogP contribution in [-0.4, -0.2) is 17.5 Å². The SMILES string of the molecule is C[C@H](C=O)C(O)C1CCCCC1. The van der Waals surface area contributed by atoms with Gasteiger partial charge >= 0.3 is 0 Å². The lowest BCUT2D eigenvalue weighted by Crippen LogP contribution is -2.29. The van der Waals surface area contributed by atoms with E-state index >= 15 is 0 Å². The molecule has 0 aromatic rings. The lowest BCUT2D eigenvalue weighted by Gasteiger charge is -2.28. The zero-order valence-corrected chi connectivity index (χ0v) is 7.70. The first-order valence-electron chi connectivity index (χ1n) is 4.89. The monoisotopic (exact) mass is 170 g/mol. The summed E-state index contributed by atoms with van der Waals surface area (Å²) >= 11 is 0. The van der Waals surface area contributed by atoms with E-state index in [-0.39, 0.29) is 5.92 Å². The highest BCUT2D eigenvalue weighted by molar-refractivity contribution is 5.53. The van der Waals surface area contributed by atoms with Gasteiger partial charge in [-0.25, -0.2) is 0 Å². The van der Waals surface area contributed by atoms with E-state index in [0.717, 1.165) is 19.1 Å². The first-order valence-corrected chi connectivity index (χ1v) is 4.89. The van der Waals surface area contributed by atoms with Crippen molar-refractivity contribution in [2.45, 2.75) is 45.1 Å². The molecule has 12 heavy (non-hydrogen) atoms. The summed E-state index contributed by atoms with van der Waals surface area (Å²) in [7, 11) is 0. The lowest BCUT2D eigenvalue weighted by atomic mass is 9.81. The summed E-state index contributed by atoms with van der Waals surface area (Å²) in [6.07, 6.45) is 6.37. The van der Waals surface area contributed by atoms with E-state index in [2.05, 4.69) is 0 Å². The summed E-state index contributed by atoms with van der Waals surface area (Å²) in [6, 6.07) is 0. The molecule has 0 bridgehead atoms. The maximum absolute atomic E-state index is 10.4. The average molecular weight is 170 g/mol. The quantitative estimate of drug-likeness (QED) is 0.655. The van der Waals surface area contributed by atoms with Crippen LogP contribution in [-0.2, 0) is 4.79 Å². The first kappa shape index (κ1) is 9.72. The number of aliphatic hydroxyl groups excluding tert-OH is 1. The molecule has 2 heteroatoms. The third-order valence-corrected chi connectivity index (χ3v) is 2.89. The van der Waals surface area contributed by atoms with Gasteiger partial charge in [0.15, 0.2) is 0 Å². The summed E-state index contributed by atoms with van der Waals surface area (Å²) in [5.74, 6) is 0.187. The molecule has 0 amide bonds. The Bertz CT molecular complexity index is 139. The molecule has 0 saturated heterocycles. The van der Waals surface area contributed by atoms with Crippen LogP contribution in [0.5, 0.6) is 0 Å². The number of hydrogen-bond donors (Lipinski definition) is 1. The molecular weight excluding hydrogens is 152 g/mol. The summed E-state index contributed by atoms with van der Waals surface area (Å²) in [5.41, 5.74) is 0. The minimum Gasteiger partial charge on any atom is -0.392 e. The Morgan fingerprint density at radius 3 is 2.42 bits per heavy atom. The predicted octanol–water partition coefficient (Wildman–Crippen LogP) is 1.76. The molecule has 0 aromatic carbocycles. The van der Waals surface area contributed by atoms with Gasteiger partial charge in [-0.05, 0) is 18.8 Å². The molecule has 0 radical (unpaired) electrons. The van der Waals surface area contributed by atoms with Crippen LogP contribution in [0.2, 0.25) is 0 Å². The Kier molecular flexibility index (Phi) is 3.73. The second-order valence-corrected chi connectivity index (χ2v) is 3.88. The van der Waals surface area contributed by atoms with Gasteiger partial charge in [0.1, 0.15) is 6.29 Å². The van der Waals surface area contributed by atoms with Crippen LogP contribution in [0.25, 0.3) is 0 Å². The van der Waals surface area contributed by atoms with Crippen molar-refractivity contribution in [2.24, 2.45) is 11.8 Å². The topological polar surface area (TPSA) is 37.3 Å². The van der Waals surface area contributed by atoms with Gasteiger partial charge in [0.25, 0.3) is 0 Å². The highest BCUT2D eigenvalue weighted by Crippen LogP contribution is 2.28. The van der Waals surface area contributed by atoms with Gasteiger partial charge in [-0.3, -0.25) is 0 Å². The van der Waals surface area contributed by atoms with E-state index in [9.17, 15) is 9.90 Å². The fraction of sp³-hybridized carbons (Fsp3) is 0.900. The molecule has 2 nitrogen and oxygen atoms in total. The van der Waals surface area contributed by atoms with Crippen molar-refractivity contribution in [3.8, 4) is 0 Å². The number of carbonyl (C=O) groups is 1. The van der Waals surface area contributed by atoms with E-state index in [1.165, 1.54) is 19.3 Å². The zero-order chi connectivity index (χ0) is 8.97. The van der Waals surface area contributed by atoms with Crippen LogP contribution < -0.4 is 0 Å². The van der Waals surface area contributed by atoms with E-state index in [1.54, 1.807) is 6.92 Å². The Morgan fingerprint density at radius 2 is 1.92 bits per heavy atom. The van der Waals surface area contributed by atoms with Gasteiger partial charge < -0.3 is 9.90 Å². The lowest BCUT2D eigenvalue weighted by molar-refractivity contribution is -0.115. The maximum atomic E-state index is 10.4. The van der Waals surface area contributed by atoms with Gasteiger partial charge in [-0.15, -0.1) is 0 Å². The average Bonchev–Trinajstić information content (AvgIpc) is 2.17. The molecular formula is C10H18O2. The standard InChI is InChI=1S/C10H18O2/c1-8(7-11)10(12)9-5-3-2-4-6-9/h7-10,12H,2-6H2,1H3/t8-,10?/m1/s1. The molecule has 1 fully saturated rings. The molecule has 1 aliphatic carbocycles. The summed E-state index contributed by atoms with van der Waals surface area (Å²) in [6.45, 7) is 1.80. The summed E-state index contributed by atoms with van der Waals surface area (Å²) in [4.78, 5) is 10.4. The normalized spacial score (nSPS) is 24.8. The van der Waals surface area contributed by atoms with Crippen LogP contribution in [0.15, 0.2) is 0 Å². The van der Waals surface area contributed by atoms with Gasteiger partial charge in [0.05, 0.1) is 6.10 Å². The van der Waals surface area contributed by atoms with Gasteiger partial charge in [0.2, 0.25) is 0 Å². The largest absolute Gasteiger partial charge is 0.392 e. The number of hydrogen-bond acceptors (Lipinski definition) is 2. The molecule has 0 aliphatic heterocycles. The van der Waals surface area contributed by atoms with E-state index < -0.39 is 6.10 Å². The molecule has 1 saturated carbocycles. The number of aldehydes is 1. The van der Waals surface area contributed by atoms with Crippen LogP contribution >= 0.6 is 0 Å². The van der Waals surface area contributed by atoms with Gasteiger partial charge in [-0.1, -0.05) is 26.2 Å². The first-order chi connectivity index (χ1) is 5.75. The molecule has 1 rings (SSSR count). The Balaban J connectivity index is 2.38. The fourth-order valence-electron chi connectivity index (χ4n) is 1.99. The smallest absolute Gasteiger partial charge is 0.125 e. The highest BCUT2D eigenvalue weighted by Gasteiger charge is 2.25. The Hall–Kier alpha value is -0.370. The summed E-state index contributed by atoms with van der Waals surface area (Å²) < 4.78 is 0. The summed E-state index contributed by atoms with van der Waals surface area (Å²) in [5, 5.41) is 9.71. The van der Waals surface area contributed by atoms with Crippen LogP contribution in [0, 0.1) is 11.8 Å². The van der Waals surface area contributed by atoms with Crippen LogP contribution in [0.1, 0.15) is 39.0 Å². The number of rotatable bonds is 3. The minimum absolute atomic E-state index is 0.187. The Morgan fingerprint density at radius 1 is 1.33 bits per heavy atom. The second-order valence-electron chi connectivity index (χ2n) is 3.88. The minimum atomic E-state index is -0.400. The molecule has 1 N–H and O–H groups in total. The molecule has 0 spiro atoms. The maximum Gasteiger partial charge on any atom is 0.125 e. The van der Waals surface area contributed by atoms with Crippen molar-refractivity contribution >= 4 is 6.29 Å².